The molecular formula is C26H49ClO2. The molecule has 0 amide bonds. The molecule has 0 aliphatic heterocycles. The maximum absolute atomic E-state index is 11.7. The van der Waals surface area contributed by atoms with Gasteiger partial charge in [-0.05, 0) is 44.4 Å². The van der Waals surface area contributed by atoms with E-state index in [0.29, 0.717) is 13.0 Å². The van der Waals surface area contributed by atoms with Crippen LogP contribution in [0.25, 0.3) is 0 Å². The summed E-state index contributed by atoms with van der Waals surface area (Å²) in [6.07, 6.45) is 23.4. The number of allylic oxidation sites excluding steroid dienone is 2. The minimum absolute atomic E-state index is 0.0429. The summed E-state index contributed by atoms with van der Waals surface area (Å²) in [5.74, 6) is 0.726. The number of hydrogen-bond donors (Lipinski definition) is 0. The third kappa shape index (κ3) is 23.6. The lowest BCUT2D eigenvalue weighted by molar-refractivity contribution is -0.143. The third-order valence-electron chi connectivity index (χ3n) is 5.41. The Morgan fingerprint density at radius 3 is 2.03 bits per heavy atom. The first-order valence-corrected chi connectivity index (χ1v) is 12.9. The van der Waals surface area contributed by atoms with Crippen molar-refractivity contribution >= 4 is 17.6 Å². The number of halogens is 1. The van der Waals surface area contributed by atoms with Crippen LogP contribution in [0.5, 0.6) is 0 Å². The highest BCUT2D eigenvalue weighted by Gasteiger charge is 2.03. The number of ether oxygens (including phenoxy) is 1. The quantitative estimate of drug-likeness (QED) is 0.134. The highest BCUT2D eigenvalue weighted by molar-refractivity contribution is 6.29. The zero-order chi connectivity index (χ0) is 21.6. The van der Waals surface area contributed by atoms with Crippen LogP contribution in [0.2, 0.25) is 0 Å². The summed E-state index contributed by atoms with van der Waals surface area (Å²) >= 11 is 6.32. The molecule has 2 nitrogen and oxygen atoms in total. The number of carbonyl (C=O) groups excluding carboxylic acids is 1. The molecule has 0 heterocycles. The summed E-state index contributed by atoms with van der Waals surface area (Å²) in [5, 5.41) is 0.997. The molecule has 0 unspecified atom stereocenters. The molecule has 0 N–H and O–H groups in total. The van der Waals surface area contributed by atoms with Gasteiger partial charge in [-0.15, -0.1) is 0 Å². The van der Waals surface area contributed by atoms with Crippen molar-refractivity contribution in [1.29, 1.82) is 0 Å². The first-order valence-electron chi connectivity index (χ1n) is 12.6. The molecule has 0 aliphatic carbocycles. The Bertz CT molecular complexity index is 390. The first-order chi connectivity index (χ1) is 14.1. The van der Waals surface area contributed by atoms with Gasteiger partial charge in [-0.3, -0.25) is 4.79 Å². The molecule has 0 aliphatic rings. The fourth-order valence-electron chi connectivity index (χ4n) is 3.47. The Morgan fingerprint density at radius 1 is 0.793 bits per heavy atom. The lowest BCUT2D eigenvalue weighted by Crippen LogP contribution is -2.05. The van der Waals surface area contributed by atoms with Crippen LogP contribution in [0.1, 0.15) is 136 Å². The van der Waals surface area contributed by atoms with E-state index >= 15 is 0 Å². The molecule has 3 heteroatoms. The Hall–Kier alpha value is -0.500. The predicted octanol–water partition coefficient (Wildman–Crippen LogP) is 9.35. The van der Waals surface area contributed by atoms with Crippen LogP contribution < -0.4 is 0 Å². The van der Waals surface area contributed by atoms with Crippen molar-refractivity contribution in [2.45, 2.75) is 136 Å². The summed E-state index contributed by atoms with van der Waals surface area (Å²) in [6, 6.07) is 0. The summed E-state index contributed by atoms with van der Waals surface area (Å²) in [7, 11) is 0. The van der Waals surface area contributed by atoms with Gasteiger partial charge >= 0.3 is 5.97 Å². The van der Waals surface area contributed by atoms with E-state index in [9.17, 15) is 4.79 Å². The Balaban J connectivity index is 3.40. The van der Waals surface area contributed by atoms with Crippen LogP contribution in [0.15, 0.2) is 11.1 Å². The van der Waals surface area contributed by atoms with Gasteiger partial charge < -0.3 is 4.74 Å². The molecular weight excluding hydrogens is 380 g/mol. The molecule has 0 fully saturated rings. The highest BCUT2D eigenvalue weighted by atomic mass is 35.5. The summed E-state index contributed by atoms with van der Waals surface area (Å²) < 4.78 is 5.31. The van der Waals surface area contributed by atoms with Gasteiger partial charge in [-0.2, -0.15) is 0 Å². The van der Waals surface area contributed by atoms with E-state index < -0.39 is 0 Å². The molecule has 0 aromatic rings. The van der Waals surface area contributed by atoms with Gasteiger partial charge in [-0.1, -0.05) is 109 Å². The van der Waals surface area contributed by atoms with Crippen molar-refractivity contribution in [2.24, 2.45) is 5.92 Å². The van der Waals surface area contributed by atoms with E-state index in [1.54, 1.807) is 0 Å². The van der Waals surface area contributed by atoms with Crippen LogP contribution in [0.3, 0.4) is 0 Å². The van der Waals surface area contributed by atoms with Crippen molar-refractivity contribution in [3.05, 3.63) is 11.1 Å². The Kier molecular flexibility index (Phi) is 21.8. The van der Waals surface area contributed by atoms with Gasteiger partial charge in [0.1, 0.15) is 0 Å². The highest BCUT2D eigenvalue weighted by Crippen LogP contribution is 2.17. The predicted molar refractivity (Wildman–Crippen MR) is 129 cm³/mol. The fraction of sp³-hybridized carbons (Fsp3) is 0.885. The van der Waals surface area contributed by atoms with Gasteiger partial charge in [0.25, 0.3) is 0 Å². The maximum atomic E-state index is 11.7. The minimum atomic E-state index is -0.0429. The molecule has 0 aromatic carbocycles. The van der Waals surface area contributed by atoms with Gasteiger partial charge in [-0.25, -0.2) is 0 Å². The summed E-state index contributed by atoms with van der Waals surface area (Å²) in [5.41, 5.74) is 0. The van der Waals surface area contributed by atoms with Crippen LogP contribution in [0.4, 0.5) is 0 Å². The molecule has 0 bridgehead atoms. The maximum Gasteiger partial charge on any atom is 0.305 e. The first kappa shape index (κ1) is 28.5. The fourth-order valence-corrected chi connectivity index (χ4v) is 3.71. The van der Waals surface area contributed by atoms with Crippen molar-refractivity contribution in [1.82, 2.24) is 0 Å². The van der Waals surface area contributed by atoms with Crippen LogP contribution in [-0.2, 0) is 9.53 Å². The number of hydrogen-bond acceptors (Lipinski definition) is 2. The molecule has 0 radical (unpaired) electrons. The minimum Gasteiger partial charge on any atom is -0.466 e. The van der Waals surface area contributed by atoms with Gasteiger partial charge in [0.15, 0.2) is 0 Å². The number of esters is 1. The van der Waals surface area contributed by atoms with Gasteiger partial charge in [0, 0.05) is 11.5 Å². The normalized spacial score (nSPS) is 12.0. The second kappa shape index (κ2) is 22.2. The SMILES string of the molecule is CCCCCCCCCCC/C(Cl)=C\CCCCC(=O)OCCCCCC(C)C. The molecule has 0 rings (SSSR count). The lowest BCUT2D eigenvalue weighted by atomic mass is 10.1. The molecule has 0 saturated heterocycles. The summed E-state index contributed by atoms with van der Waals surface area (Å²) in [4.78, 5) is 11.7. The zero-order valence-electron chi connectivity index (χ0n) is 19.8. The molecule has 0 aromatic heterocycles. The zero-order valence-corrected chi connectivity index (χ0v) is 20.5. The van der Waals surface area contributed by atoms with Crippen LogP contribution in [-0.4, -0.2) is 12.6 Å². The largest absolute Gasteiger partial charge is 0.466 e. The van der Waals surface area contributed by atoms with E-state index in [1.807, 2.05) is 0 Å². The van der Waals surface area contributed by atoms with Crippen molar-refractivity contribution in [3.8, 4) is 0 Å². The van der Waals surface area contributed by atoms with Gasteiger partial charge in [0.2, 0.25) is 0 Å². The second-order valence-corrected chi connectivity index (χ2v) is 9.42. The van der Waals surface area contributed by atoms with E-state index in [4.69, 9.17) is 16.3 Å². The summed E-state index contributed by atoms with van der Waals surface area (Å²) in [6.45, 7) is 7.35. The number of rotatable bonds is 21. The second-order valence-electron chi connectivity index (χ2n) is 8.94. The topological polar surface area (TPSA) is 26.3 Å². The van der Waals surface area contributed by atoms with Crippen molar-refractivity contribution in [2.75, 3.05) is 6.61 Å². The van der Waals surface area contributed by atoms with Crippen molar-refractivity contribution < 1.29 is 9.53 Å². The van der Waals surface area contributed by atoms with E-state index in [-0.39, 0.29) is 5.97 Å². The molecule has 0 atom stereocenters. The van der Waals surface area contributed by atoms with E-state index in [2.05, 4.69) is 26.8 Å². The third-order valence-corrected chi connectivity index (χ3v) is 5.75. The van der Waals surface area contributed by atoms with E-state index in [1.165, 1.54) is 70.6 Å². The average Bonchev–Trinajstić information content (AvgIpc) is 2.68. The molecule has 0 spiro atoms. The Labute approximate surface area is 187 Å². The monoisotopic (exact) mass is 428 g/mol. The Morgan fingerprint density at radius 2 is 1.38 bits per heavy atom. The standard InChI is InChI=1S/C26H49ClO2/c1-4-5-6-7-8-9-10-11-15-20-25(27)21-16-12-17-22-26(28)29-23-18-13-14-19-24(2)3/h21,24H,4-20,22-23H2,1-3H3/b25-21+. The van der Waals surface area contributed by atoms with E-state index in [0.717, 1.165) is 49.5 Å². The molecule has 29 heavy (non-hydrogen) atoms. The molecule has 0 saturated carbocycles. The smallest absolute Gasteiger partial charge is 0.305 e. The lowest BCUT2D eigenvalue weighted by Gasteiger charge is -2.06. The number of carbonyl (C=O) groups is 1. The molecule has 172 valence electrons. The number of unbranched alkanes of at least 4 members (excludes halogenated alkanes) is 12. The van der Waals surface area contributed by atoms with Crippen molar-refractivity contribution in [3.63, 3.8) is 0 Å². The van der Waals surface area contributed by atoms with Crippen LogP contribution in [0, 0.1) is 5.92 Å². The van der Waals surface area contributed by atoms with Gasteiger partial charge in [0.05, 0.1) is 6.61 Å². The average molecular weight is 429 g/mol. The van der Waals surface area contributed by atoms with Crippen LogP contribution >= 0.6 is 11.6 Å².